The van der Waals surface area contributed by atoms with E-state index in [1.165, 1.54) is 6.33 Å². The molecule has 0 aliphatic rings. The minimum Gasteiger partial charge on any atom is -0.491 e. The van der Waals surface area contributed by atoms with Crippen molar-refractivity contribution in [2.45, 2.75) is 6.92 Å². The van der Waals surface area contributed by atoms with Gasteiger partial charge in [-0.1, -0.05) is 0 Å². The molecule has 7 heteroatoms. The van der Waals surface area contributed by atoms with Crippen LogP contribution in [0.3, 0.4) is 0 Å². The Labute approximate surface area is 146 Å². The fraction of sp³-hybridized carbons (Fsp3) is 0.278. The molecule has 25 heavy (non-hydrogen) atoms. The lowest BCUT2D eigenvalue weighted by molar-refractivity contribution is 0.146. The number of aromatic nitrogens is 3. The highest BCUT2D eigenvalue weighted by molar-refractivity contribution is 5.85. The van der Waals surface area contributed by atoms with Crippen molar-refractivity contribution < 1.29 is 14.2 Å². The molecule has 0 fully saturated rings. The zero-order valence-electron chi connectivity index (χ0n) is 14.4. The summed E-state index contributed by atoms with van der Waals surface area (Å²) in [6.45, 7) is 2.97. The second-order valence-electron chi connectivity index (χ2n) is 5.39. The van der Waals surface area contributed by atoms with E-state index in [9.17, 15) is 0 Å². The van der Waals surface area contributed by atoms with Gasteiger partial charge >= 0.3 is 0 Å². The summed E-state index contributed by atoms with van der Waals surface area (Å²) in [5, 5.41) is 3.74. The van der Waals surface area contributed by atoms with E-state index in [1.807, 2.05) is 38.2 Å². The van der Waals surface area contributed by atoms with Crippen LogP contribution in [0.2, 0.25) is 0 Å². The van der Waals surface area contributed by atoms with Crippen LogP contribution in [0.5, 0.6) is 17.4 Å². The summed E-state index contributed by atoms with van der Waals surface area (Å²) in [6.07, 6.45) is 3.13. The quantitative estimate of drug-likeness (QED) is 0.662. The maximum absolute atomic E-state index is 5.89. The third-order valence-corrected chi connectivity index (χ3v) is 3.65. The van der Waals surface area contributed by atoms with Gasteiger partial charge in [0.05, 0.1) is 23.7 Å². The minimum absolute atomic E-state index is 0.459. The topological polar surface area (TPSA) is 78.4 Å². The second-order valence-corrected chi connectivity index (χ2v) is 5.39. The van der Waals surface area contributed by atoms with Crippen LogP contribution < -0.4 is 14.8 Å². The van der Waals surface area contributed by atoms with E-state index >= 15 is 0 Å². The van der Waals surface area contributed by atoms with Crippen molar-refractivity contribution in [1.29, 1.82) is 0 Å². The van der Waals surface area contributed by atoms with Crippen LogP contribution >= 0.6 is 0 Å². The molecule has 3 aromatic rings. The Morgan fingerprint density at radius 3 is 2.68 bits per heavy atom. The Bertz CT molecular complexity index is 853. The van der Waals surface area contributed by atoms with Crippen molar-refractivity contribution in [3.05, 3.63) is 42.4 Å². The SMILES string of the molecule is CNc1ccc(Oc2ncnc3cc(C)c(OCCOC)cc23)cn1. The molecule has 1 aromatic carbocycles. The molecule has 130 valence electrons. The molecular formula is C18H20N4O3. The van der Waals surface area contributed by atoms with Crippen molar-refractivity contribution in [2.24, 2.45) is 0 Å². The van der Waals surface area contributed by atoms with Gasteiger partial charge in [-0.2, -0.15) is 0 Å². The van der Waals surface area contributed by atoms with Crippen molar-refractivity contribution >= 4 is 16.7 Å². The number of methoxy groups -OCH3 is 1. The molecule has 3 rings (SSSR count). The monoisotopic (exact) mass is 340 g/mol. The lowest BCUT2D eigenvalue weighted by atomic mass is 10.1. The number of nitrogens with zero attached hydrogens (tertiary/aromatic N) is 3. The molecule has 1 N–H and O–H groups in total. The van der Waals surface area contributed by atoms with Crippen LogP contribution in [0.15, 0.2) is 36.8 Å². The van der Waals surface area contributed by atoms with Gasteiger partial charge in [-0.25, -0.2) is 15.0 Å². The Morgan fingerprint density at radius 1 is 1.08 bits per heavy atom. The van der Waals surface area contributed by atoms with Crippen molar-refractivity contribution in [1.82, 2.24) is 15.0 Å². The number of fused-ring (bicyclic) bond motifs is 1. The first-order chi connectivity index (χ1) is 12.2. The summed E-state index contributed by atoms with van der Waals surface area (Å²) < 4.78 is 16.7. The Morgan fingerprint density at radius 2 is 1.96 bits per heavy atom. The fourth-order valence-electron chi connectivity index (χ4n) is 2.34. The third kappa shape index (κ3) is 3.95. The predicted molar refractivity (Wildman–Crippen MR) is 95.5 cm³/mol. The molecule has 0 amide bonds. The number of anilines is 1. The summed E-state index contributed by atoms with van der Waals surface area (Å²) in [5.74, 6) is 2.58. The molecule has 0 radical (unpaired) electrons. The smallest absolute Gasteiger partial charge is 0.230 e. The molecule has 0 saturated heterocycles. The molecule has 2 heterocycles. The van der Waals surface area contributed by atoms with Gasteiger partial charge in [-0.05, 0) is 36.8 Å². The van der Waals surface area contributed by atoms with Crippen molar-refractivity contribution in [3.8, 4) is 17.4 Å². The van der Waals surface area contributed by atoms with Gasteiger partial charge in [0.1, 0.15) is 30.3 Å². The van der Waals surface area contributed by atoms with E-state index in [2.05, 4.69) is 20.3 Å². The van der Waals surface area contributed by atoms with Gasteiger partial charge in [0.25, 0.3) is 0 Å². The molecular weight excluding hydrogens is 320 g/mol. The largest absolute Gasteiger partial charge is 0.491 e. The number of benzene rings is 1. The maximum Gasteiger partial charge on any atom is 0.230 e. The van der Waals surface area contributed by atoms with E-state index in [1.54, 1.807) is 13.3 Å². The normalized spacial score (nSPS) is 10.7. The minimum atomic E-state index is 0.459. The summed E-state index contributed by atoms with van der Waals surface area (Å²) >= 11 is 0. The maximum atomic E-state index is 5.89. The zero-order chi connectivity index (χ0) is 17.6. The number of aryl methyl sites for hydroxylation is 1. The van der Waals surface area contributed by atoms with Gasteiger partial charge in [0, 0.05) is 14.2 Å². The van der Waals surface area contributed by atoms with E-state index in [0.29, 0.717) is 24.8 Å². The van der Waals surface area contributed by atoms with Crippen LogP contribution in [0.4, 0.5) is 5.82 Å². The Hall–Kier alpha value is -2.93. The van der Waals surface area contributed by atoms with Crippen molar-refractivity contribution in [2.75, 3.05) is 32.7 Å². The highest BCUT2D eigenvalue weighted by Gasteiger charge is 2.11. The molecule has 0 aliphatic heterocycles. The third-order valence-electron chi connectivity index (χ3n) is 3.65. The van der Waals surface area contributed by atoms with Gasteiger partial charge in [0.15, 0.2) is 0 Å². The van der Waals surface area contributed by atoms with E-state index < -0.39 is 0 Å². The zero-order valence-corrected chi connectivity index (χ0v) is 14.4. The van der Waals surface area contributed by atoms with E-state index in [-0.39, 0.29) is 0 Å². The van der Waals surface area contributed by atoms with Gasteiger partial charge in [0.2, 0.25) is 5.88 Å². The van der Waals surface area contributed by atoms with Crippen molar-refractivity contribution in [3.63, 3.8) is 0 Å². The molecule has 2 aromatic heterocycles. The van der Waals surface area contributed by atoms with E-state index in [0.717, 1.165) is 28.0 Å². The fourth-order valence-corrected chi connectivity index (χ4v) is 2.34. The van der Waals surface area contributed by atoms with Crippen LogP contribution in [-0.2, 0) is 4.74 Å². The van der Waals surface area contributed by atoms with Crippen LogP contribution in [0, 0.1) is 6.92 Å². The number of rotatable bonds is 7. The number of pyridine rings is 1. The molecule has 0 spiro atoms. The van der Waals surface area contributed by atoms with Gasteiger partial charge < -0.3 is 19.5 Å². The molecule has 0 unspecified atom stereocenters. The molecule has 0 saturated carbocycles. The summed E-state index contributed by atoms with van der Waals surface area (Å²) in [6, 6.07) is 7.51. The van der Waals surface area contributed by atoms with E-state index in [4.69, 9.17) is 14.2 Å². The van der Waals surface area contributed by atoms with Gasteiger partial charge in [-0.15, -0.1) is 0 Å². The second kappa shape index (κ2) is 7.76. The Kier molecular flexibility index (Phi) is 5.25. The first-order valence-corrected chi connectivity index (χ1v) is 7.90. The number of hydrogen-bond acceptors (Lipinski definition) is 7. The summed E-state index contributed by atoms with van der Waals surface area (Å²) in [5.41, 5.74) is 1.79. The molecule has 0 bridgehead atoms. The first kappa shape index (κ1) is 16.9. The molecule has 7 nitrogen and oxygen atoms in total. The van der Waals surface area contributed by atoms with Crippen LogP contribution in [-0.4, -0.2) is 42.3 Å². The standard InChI is InChI=1S/C18H20N4O3/c1-12-8-15-14(9-16(12)24-7-6-23-3)18(22-11-21-15)25-13-4-5-17(19-2)20-10-13/h4-5,8-11H,6-7H2,1-3H3,(H,19,20). The van der Waals surface area contributed by atoms with Crippen LogP contribution in [0.25, 0.3) is 10.9 Å². The lowest BCUT2D eigenvalue weighted by Crippen LogP contribution is -2.05. The molecule has 0 atom stereocenters. The number of ether oxygens (including phenoxy) is 3. The number of nitrogens with one attached hydrogen (secondary N) is 1. The average Bonchev–Trinajstić information content (AvgIpc) is 2.63. The lowest BCUT2D eigenvalue weighted by Gasteiger charge is -2.12. The van der Waals surface area contributed by atoms with Crippen LogP contribution in [0.1, 0.15) is 5.56 Å². The average molecular weight is 340 g/mol. The predicted octanol–water partition coefficient (Wildman–Crippen LogP) is 3.19. The summed E-state index contributed by atoms with van der Waals surface area (Å²) in [4.78, 5) is 12.8. The highest BCUT2D eigenvalue weighted by Crippen LogP contribution is 2.31. The summed E-state index contributed by atoms with van der Waals surface area (Å²) in [7, 11) is 3.46. The Balaban J connectivity index is 1.92. The van der Waals surface area contributed by atoms with Gasteiger partial charge in [-0.3, -0.25) is 0 Å². The highest BCUT2D eigenvalue weighted by atomic mass is 16.5. The first-order valence-electron chi connectivity index (χ1n) is 7.90. The molecule has 0 aliphatic carbocycles. The number of hydrogen-bond donors (Lipinski definition) is 1.